The number of rotatable bonds is 2. The lowest BCUT2D eigenvalue weighted by molar-refractivity contribution is 0.0687. The quantitative estimate of drug-likeness (QED) is 0.821. The maximum atomic E-state index is 12.5. The fourth-order valence-electron chi connectivity index (χ4n) is 2.38. The van der Waals surface area contributed by atoms with Gasteiger partial charge in [0.1, 0.15) is 4.88 Å². The number of carbonyl (C=O) groups is 1. The maximum absolute atomic E-state index is 12.5. The van der Waals surface area contributed by atoms with Crippen LogP contribution in [0.25, 0.3) is 0 Å². The highest BCUT2D eigenvalue weighted by atomic mass is 32.1. The summed E-state index contributed by atoms with van der Waals surface area (Å²) >= 11 is 1.57. The second-order valence-electron chi connectivity index (χ2n) is 5.62. The van der Waals surface area contributed by atoms with Gasteiger partial charge in [-0.15, -0.1) is 11.3 Å². The Bertz CT molecular complexity index is 439. The second kappa shape index (κ2) is 5.39. The van der Waals surface area contributed by atoms with Crippen molar-refractivity contribution in [3.63, 3.8) is 0 Å². The van der Waals surface area contributed by atoms with Crippen molar-refractivity contribution in [2.24, 2.45) is 5.92 Å². The molecule has 1 aromatic heterocycles. The average molecular weight is 266 g/mol. The minimum Gasteiger partial charge on any atom is -0.338 e. The molecule has 0 N–H and O–H groups in total. The molecular formula is C14H22N2OS. The van der Waals surface area contributed by atoms with Gasteiger partial charge in [0.05, 0.1) is 10.7 Å². The van der Waals surface area contributed by atoms with E-state index in [1.807, 2.05) is 11.8 Å². The van der Waals surface area contributed by atoms with Crippen molar-refractivity contribution in [3.05, 3.63) is 15.6 Å². The topological polar surface area (TPSA) is 33.2 Å². The highest BCUT2D eigenvalue weighted by Gasteiger charge is 2.25. The smallest absolute Gasteiger partial charge is 0.265 e. The molecule has 0 aliphatic carbocycles. The molecule has 1 fully saturated rings. The molecule has 18 heavy (non-hydrogen) atoms. The van der Waals surface area contributed by atoms with Crippen molar-refractivity contribution in [3.8, 4) is 0 Å². The van der Waals surface area contributed by atoms with Gasteiger partial charge in [-0.2, -0.15) is 0 Å². The van der Waals surface area contributed by atoms with Crippen LogP contribution in [-0.2, 0) is 0 Å². The van der Waals surface area contributed by atoms with E-state index in [0.717, 1.165) is 35.1 Å². The molecule has 0 bridgehead atoms. The van der Waals surface area contributed by atoms with E-state index >= 15 is 0 Å². The summed E-state index contributed by atoms with van der Waals surface area (Å²) in [5, 5.41) is 1.07. The summed E-state index contributed by atoms with van der Waals surface area (Å²) in [5.41, 5.74) is 0.895. The summed E-state index contributed by atoms with van der Waals surface area (Å²) in [6, 6.07) is 0. The predicted molar refractivity (Wildman–Crippen MR) is 75.2 cm³/mol. The van der Waals surface area contributed by atoms with Crippen molar-refractivity contribution >= 4 is 17.2 Å². The molecule has 2 heterocycles. The van der Waals surface area contributed by atoms with E-state index in [-0.39, 0.29) is 5.91 Å². The van der Waals surface area contributed by atoms with Crippen LogP contribution in [0.2, 0.25) is 0 Å². The molecule has 1 saturated heterocycles. The molecule has 0 radical (unpaired) electrons. The lowest BCUT2D eigenvalue weighted by Gasteiger charge is -2.30. The monoisotopic (exact) mass is 266 g/mol. The molecule has 0 aromatic carbocycles. The van der Waals surface area contributed by atoms with Gasteiger partial charge >= 0.3 is 0 Å². The predicted octanol–water partition coefficient (Wildman–Crippen LogP) is 3.45. The molecule has 3 nitrogen and oxygen atoms in total. The summed E-state index contributed by atoms with van der Waals surface area (Å²) in [6.07, 6.45) is 2.37. The van der Waals surface area contributed by atoms with Crippen LogP contribution in [0.4, 0.5) is 0 Å². The summed E-state index contributed by atoms with van der Waals surface area (Å²) in [5.74, 6) is 1.21. The van der Waals surface area contributed by atoms with Gasteiger partial charge in [-0.25, -0.2) is 4.98 Å². The van der Waals surface area contributed by atoms with Crippen molar-refractivity contribution in [1.29, 1.82) is 0 Å². The first-order valence-electron chi connectivity index (χ1n) is 6.75. The number of amides is 1. The van der Waals surface area contributed by atoms with E-state index in [2.05, 4.69) is 25.8 Å². The van der Waals surface area contributed by atoms with Gasteiger partial charge in [0.25, 0.3) is 5.91 Å². The minimum atomic E-state index is 0.184. The van der Waals surface area contributed by atoms with Crippen molar-refractivity contribution in [2.45, 2.75) is 46.5 Å². The summed E-state index contributed by atoms with van der Waals surface area (Å²) in [4.78, 5) is 19.9. The SMILES string of the molecule is Cc1nc(C(C)C)sc1C(=O)N1CCC[C@@H](C)C1. The minimum absolute atomic E-state index is 0.184. The third-order valence-electron chi connectivity index (χ3n) is 3.45. The van der Waals surface area contributed by atoms with Gasteiger partial charge in [0.15, 0.2) is 0 Å². The van der Waals surface area contributed by atoms with E-state index in [4.69, 9.17) is 0 Å². The third kappa shape index (κ3) is 2.74. The zero-order valence-corrected chi connectivity index (χ0v) is 12.5. The molecule has 100 valence electrons. The van der Waals surface area contributed by atoms with E-state index in [9.17, 15) is 4.79 Å². The molecule has 1 aliphatic heterocycles. The summed E-state index contributed by atoms with van der Waals surface area (Å²) in [6.45, 7) is 10.2. The van der Waals surface area contributed by atoms with Crippen LogP contribution >= 0.6 is 11.3 Å². The van der Waals surface area contributed by atoms with Gasteiger partial charge in [-0.3, -0.25) is 4.79 Å². The maximum Gasteiger partial charge on any atom is 0.265 e. The fraction of sp³-hybridized carbons (Fsp3) is 0.714. The Morgan fingerprint density at radius 3 is 2.78 bits per heavy atom. The first-order chi connectivity index (χ1) is 8.49. The molecule has 1 aliphatic rings. The average Bonchev–Trinajstić information content (AvgIpc) is 2.70. The van der Waals surface area contributed by atoms with Crippen LogP contribution in [0.15, 0.2) is 0 Å². The highest BCUT2D eigenvalue weighted by molar-refractivity contribution is 7.13. The van der Waals surface area contributed by atoms with E-state index < -0.39 is 0 Å². The number of nitrogens with zero attached hydrogens (tertiary/aromatic N) is 2. The van der Waals surface area contributed by atoms with E-state index in [1.165, 1.54) is 6.42 Å². The molecule has 1 atom stereocenters. The van der Waals surface area contributed by atoms with Gasteiger partial charge in [0.2, 0.25) is 0 Å². The molecule has 1 amide bonds. The first-order valence-corrected chi connectivity index (χ1v) is 7.57. The van der Waals surface area contributed by atoms with Crippen LogP contribution in [0.1, 0.15) is 59.9 Å². The number of thiazole rings is 1. The van der Waals surface area contributed by atoms with E-state index in [0.29, 0.717) is 11.8 Å². The molecule has 0 unspecified atom stereocenters. The number of likely N-dealkylation sites (tertiary alicyclic amines) is 1. The first kappa shape index (κ1) is 13.5. The van der Waals surface area contributed by atoms with Crippen LogP contribution in [0.3, 0.4) is 0 Å². The molecule has 1 aromatic rings. The standard InChI is InChI=1S/C14H22N2OS/c1-9(2)13-15-11(4)12(18-13)14(17)16-7-5-6-10(3)8-16/h9-10H,5-8H2,1-4H3/t10-/m1/s1. The number of piperidine rings is 1. The zero-order chi connectivity index (χ0) is 13.3. The summed E-state index contributed by atoms with van der Waals surface area (Å²) < 4.78 is 0. The van der Waals surface area contributed by atoms with Crippen molar-refractivity contribution < 1.29 is 4.79 Å². The Kier molecular flexibility index (Phi) is 4.05. The number of carbonyl (C=O) groups excluding carboxylic acids is 1. The molecule has 2 rings (SSSR count). The Morgan fingerprint density at radius 2 is 2.22 bits per heavy atom. The number of hydrogen-bond acceptors (Lipinski definition) is 3. The Morgan fingerprint density at radius 1 is 1.50 bits per heavy atom. The Hall–Kier alpha value is -0.900. The molecule has 0 spiro atoms. The highest BCUT2D eigenvalue weighted by Crippen LogP contribution is 2.27. The van der Waals surface area contributed by atoms with Crippen molar-refractivity contribution in [2.75, 3.05) is 13.1 Å². The molecular weight excluding hydrogens is 244 g/mol. The van der Waals surface area contributed by atoms with Gasteiger partial charge in [-0.05, 0) is 25.7 Å². The third-order valence-corrected chi connectivity index (χ3v) is 4.89. The Labute approximate surface area is 113 Å². The number of aromatic nitrogens is 1. The largest absolute Gasteiger partial charge is 0.338 e. The second-order valence-corrected chi connectivity index (χ2v) is 6.65. The van der Waals surface area contributed by atoms with Crippen LogP contribution in [0.5, 0.6) is 0 Å². The lowest BCUT2D eigenvalue weighted by Crippen LogP contribution is -2.39. The number of aryl methyl sites for hydroxylation is 1. The summed E-state index contributed by atoms with van der Waals surface area (Å²) in [7, 11) is 0. The Balaban J connectivity index is 2.17. The van der Waals surface area contributed by atoms with Gasteiger partial charge < -0.3 is 4.90 Å². The van der Waals surface area contributed by atoms with Crippen LogP contribution in [-0.4, -0.2) is 28.9 Å². The molecule has 0 saturated carbocycles. The fourth-order valence-corrected chi connectivity index (χ4v) is 3.42. The van der Waals surface area contributed by atoms with Gasteiger partial charge in [-0.1, -0.05) is 20.8 Å². The molecule has 4 heteroatoms. The van der Waals surface area contributed by atoms with Gasteiger partial charge in [0, 0.05) is 19.0 Å². The van der Waals surface area contributed by atoms with Crippen LogP contribution < -0.4 is 0 Å². The van der Waals surface area contributed by atoms with Crippen molar-refractivity contribution in [1.82, 2.24) is 9.88 Å². The normalized spacial score (nSPS) is 20.5. The van der Waals surface area contributed by atoms with E-state index in [1.54, 1.807) is 11.3 Å². The zero-order valence-electron chi connectivity index (χ0n) is 11.7. The number of hydrogen-bond donors (Lipinski definition) is 0. The van der Waals surface area contributed by atoms with Crippen LogP contribution in [0, 0.1) is 12.8 Å². The lowest BCUT2D eigenvalue weighted by atomic mass is 10.0.